The van der Waals surface area contributed by atoms with Crippen molar-refractivity contribution in [2.45, 2.75) is 33.9 Å². The van der Waals surface area contributed by atoms with E-state index in [0.29, 0.717) is 22.9 Å². The average molecular weight is 485 g/mol. The smallest absolute Gasteiger partial charge is 0.246 e. The zero-order valence-corrected chi connectivity index (χ0v) is 20.5. The number of aryl methyl sites for hydroxylation is 2. The molecule has 176 valence electrons. The van der Waals surface area contributed by atoms with E-state index in [1.807, 2.05) is 74.0 Å². The highest BCUT2D eigenvalue weighted by Gasteiger charge is 2.18. The second-order valence-electron chi connectivity index (χ2n) is 8.55. The Morgan fingerprint density at radius 1 is 0.943 bits per heavy atom. The zero-order valence-electron chi connectivity index (χ0n) is 19.8. The van der Waals surface area contributed by atoms with Gasteiger partial charge in [0.05, 0.1) is 29.3 Å². The summed E-state index contributed by atoms with van der Waals surface area (Å²) in [7, 11) is 0. The summed E-state index contributed by atoms with van der Waals surface area (Å²) in [4.78, 5) is 17.6. The highest BCUT2D eigenvalue weighted by Crippen LogP contribution is 2.29. The minimum absolute atomic E-state index is 0.0495. The standard InChI is InChI=1S/C27H25ClN6O/c1-17-25-23(21-9-5-4-6-10-21)12-13-29-27(25)34(31-17)16-24(35)30-26-18(2)32-33(19(26)3)15-20-8-7-11-22(28)14-20/h4-14H,15-16H2,1-3H3,(H,30,35). The third-order valence-electron chi connectivity index (χ3n) is 6.05. The lowest BCUT2D eigenvalue weighted by Crippen LogP contribution is -2.20. The number of carbonyl (C=O) groups is 1. The topological polar surface area (TPSA) is 77.6 Å². The van der Waals surface area contributed by atoms with Crippen LogP contribution in [0.3, 0.4) is 0 Å². The molecular weight excluding hydrogens is 460 g/mol. The molecule has 0 saturated heterocycles. The molecule has 0 saturated carbocycles. The van der Waals surface area contributed by atoms with Crippen molar-refractivity contribution in [3.63, 3.8) is 0 Å². The molecule has 0 aliphatic rings. The fourth-order valence-electron chi connectivity index (χ4n) is 4.41. The molecule has 8 heteroatoms. The molecule has 0 fully saturated rings. The number of hydrogen-bond acceptors (Lipinski definition) is 4. The molecule has 0 unspecified atom stereocenters. The molecule has 1 N–H and O–H groups in total. The first-order chi connectivity index (χ1) is 16.9. The fourth-order valence-corrected chi connectivity index (χ4v) is 4.62. The van der Waals surface area contributed by atoms with Gasteiger partial charge in [0.15, 0.2) is 5.65 Å². The van der Waals surface area contributed by atoms with Gasteiger partial charge < -0.3 is 5.32 Å². The molecule has 3 aromatic heterocycles. The molecule has 0 atom stereocenters. The molecule has 1 amide bonds. The molecule has 0 radical (unpaired) electrons. The maximum Gasteiger partial charge on any atom is 0.246 e. The summed E-state index contributed by atoms with van der Waals surface area (Å²) in [6.07, 6.45) is 1.76. The van der Waals surface area contributed by atoms with Gasteiger partial charge in [-0.1, -0.05) is 54.1 Å². The van der Waals surface area contributed by atoms with Crippen molar-refractivity contribution < 1.29 is 4.79 Å². The number of amides is 1. The normalized spacial score (nSPS) is 11.2. The van der Waals surface area contributed by atoms with Crippen molar-refractivity contribution in [3.05, 3.63) is 94.5 Å². The summed E-state index contributed by atoms with van der Waals surface area (Å²) in [6.45, 7) is 6.39. The molecule has 0 aliphatic carbocycles. The molecule has 3 heterocycles. The predicted molar refractivity (Wildman–Crippen MR) is 139 cm³/mol. The molecule has 5 rings (SSSR count). The molecule has 0 bridgehead atoms. The van der Waals surface area contributed by atoms with Crippen LogP contribution in [0.15, 0.2) is 66.9 Å². The Kier molecular flexibility index (Phi) is 6.09. The number of nitrogens with one attached hydrogen (secondary N) is 1. The second-order valence-corrected chi connectivity index (χ2v) is 8.98. The first kappa shape index (κ1) is 22.8. The van der Waals surface area contributed by atoms with Gasteiger partial charge in [-0.05, 0) is 55.7 Å². The van der Waals surface area contributed by atoms with Gasteiger partial charge >= 0.3 is 0 Å². The van der Waals surface area contributed by atoms with Crippen molar-refractivity contribution in [2.75, 3.05) is 5.32 Å². The van der Waals surface area contributed by atoms with Crippen molar-refractivity contribution in [1.82, 2.24) is 24.5 Å². The summed E-state index contributed by atoms with van der Waals surface area (Å²) in [5.74, 6) is -0.185. The van der Waals surface area contributed by atoms with Crippen LogP contribution in [0.4, 0.5) is 5.69 Å². The average Bonchev–Trinajstić information content (AvgIpc) is 3.30. The Hall–Kier alpha value is -3.97. The van der Waals surface area contributed by atoms with Gasteiger partial charge in [0, 0.05) is 16.6 Å². The summed E-state index contributed by atoms with van der Waals surface area (Å²) in [6, 6.07) is 19.8. The van der Waals surface area contributed by atoms with Gasteiger partial charge in [0.25, 0.3) is 0 Å². The lowest BCUT2D eigenvalue weighted by Gasteiger charge is -2.08. The third kappa shape index (κ3) is 4.55. The number of rotatable bonds is 6. The number of benzene rings is 2. The van der Waals surface area contributed by atoms with Crippen LogP contribution in [-0.2, 0) is 17.9 Å². The number of carbonyl (C=O) groups excluding carboxylic acids is 1. The largest absolute Gasteiger partial charge is 0.321 e. The van der Waals surface area contributed by atoms with Crippen molar-refractivity contribution in [2.24, 2.45) is 0 Å². The Morgan fingerprint density at radius 3 is 2.49 bits per heavy atom. The van der Waals surface area contributed by atoms with Gasteiger partial charge in [-0.25, -0.2) is 9.67 Å². The van der Waals surface area contributed by atoms with Crippen molar-refractivity contribution in [1.29, 1.82) is 0 Å². The number of anilines is 1. The van der Waals surface area contributed by atoms with E-state index in [1.54, 1.807) is 10.9 Å². The first-order valence-corrected chi connectivity index (χ1v) is 11.7. The summed E-state index contributed by atoms with van der Waals surface area (Å²) < 4.78 is 3.53. The van der Waals surface area contributed by atoms with Gasteiger partial charge in [0.1, 0.15) is 6.54 Å². The quantitative estimate of drug-likeness (QED) is 0.342. The number of nitrogens with zero attached hydrogens (tertiary/aromatic N) is 5. The van der Waals surface area contributed by atoms with E-state index >= 15 is 0 Å². The minimum Gasteiger partial charge on any atom is -0.321 e. The van der Waals surface area contributed by atoms with Crippen LogP contribution in [0.1, 0.15) is 22.6 Å². The second kappa shape index (κ2) is 9.35. The molecule has 35 heavy (non-hydrogen) atoms. The minimum atomic E-state index is -0.185. The molecular formula is C27H25ClN6O. The van der Waals surface area contributed by atoms with Crippen LogP contribution in [0.2, 0.25) is 5.02 Å². The number of aromatic nitrogens is 5. The van der Waals surface area contributed by atoms with Crippen LogP contribution in [0.5, 0.6) is 0 Å². The van der Waals surface area contributed by atoms with Crippen LogP contribution in [0, 0.1) is 20.8 Å². The predicted octanol–water partition coefficient (Wildman–Crippen LogP) is 5.56. The fraction of sp³-hybridized carbons (Fsp3) is 0.185. The molecule has 0 spiro atoms. The van der Waals surface area contributed by atoms with E-state index < -0.39 is 0 Å². The molecule has 2 aromatic carbocycles. The Labute approximate surface area is 208 Å². The van der Waals surface area contributed by atoms with E-state index in [0.717, 1.165) is 39.2 Å². The van der Waals surface area contributed by atoms with Gasteiger partial charge in [-0.3, -0.25) is 9.48 Å². The van der Waals surface area contributed by atoms with Crippen LogP contribution < -0.4 is 5.32 Å². The SMILES string of the molecule is Cc1nn(Cc2cccc(Cl)c2)c(C)c1NC(=O)Cn1nc(C)c2c(-c3ccccc3)ccnc21. The van der Waals surface area contributed by atoms with E-state index in [-0.39, 0.29) is 12.5 Å². The van der Waals surface area contributed by atoms with E-state index in [2.05, 4.69) is 32.6 Å². The maximum atomic E-state index is 13.1. The van der Waals surface area contributed by atoms with E-state index in [4.69, 9.17) is 11.6 Å². The summed E-state index contributed by atoms with van der Waals surface area (Å²) >= 11 is 6.12. The van der Waals surface area contributed by atoms with E-state index in [1.165, 1.54) is 0 Å². The lowest BCUT2D eigenvalue weighted by molar-refractivity contribution is -0.116. The Morgan fingerprint density at radius 2 is 1.71 bits per heavy atom. The highest BCUT2D eigenvalue weighted by molar-refractivity contribution is 6.30. The van der Waals surface area contributed by atoms with Crippen LogP contribution in [-0.4, -0.2) is 30.5 Å². The number of fused-ring (bicyclic) bond motifs is 1. The van der Waals surface area contributed by atoms with Gasteiger partial charge in [0.2, 0.25) is 5.91 Å². The third-order valence-corrected chi connectivity index (χ3v) is 6.29. The zero-order chi connectivity index (χ0) is 24.5. The van der Waals surface area contributed by atoms with Crippen molar-refractivity contribution >= 4 is 34.2 Å². The van der Waals surface area contributed by atoms with Crippen LogP contribution in [0.25, 0.3) is 22.2 Å². The van der Waals surface area contributed by atoms with Crippen molar-refractivity contribution in [3.8, 4) is 11.1 Å². The summed E-state index contributed by atoms with van der Waals surface area (Å²) in [5.41, 5.74) is 7.04. The summed E-state index contributed by atoms with van der Waals surface area (Å²) in [5, 5.41) is 13.9. The van der Waals surface area contributed by atoms with Gasteiger partial charge in [-0.15, -0.1) is 0 Å². The Bertz CT molecular complexity index is 1540. The van der Waals surface area contributed by atoms with Gasteiger partial charge in [-0.2, -0.15) is 10.2 Å². The monoisotopic (exact) mass is 484 g/mol. The van der Waals surface area contributed by atoms with Crippen LogP contribution >= 0.6 is 11.6 Å². The first-order valence-electron chi connectivity index (χ1n) is 11.4. The number of hydrogen-bond donors (Lipinski definition) is 1. The number of pyridine rings is 1. The molecule has 7 nitrogen and oxygen atoms in total. The highest BCUT2D eigenvalue weighted by atomic mass is 35.5. The maximum absolute atomic E-state index is 13.1. The Balaban J connectivity index is 1.39. The van der Waals surface area contributed by atoms with E-state index in [9.17, 15) is 4.79 Å². The molecule has 5 aromatic rings. The molecule has 0 aliphatic heterocycles. The lowest BCUT2D eigenvalue weighted by atomic mass is 10.0. The number of halogens is 1.